The molecule has 2 aromatic rings. The molecule has 0 atom stereocenters. The van der Waals surface area contributed by atoms with Crippen molar-refractivity contribution in [2.75, 3.05) is 12.4 Å². The molecule has 1 aromatic carbocycles. The van der Waals surface area contributed by atoms with Crippen LogP contribution in [0.1, 0.15) is 9.67 Å². The molecule has 0 spiro atoms. The van der Waals surface area contributed by atoms with Gasteiger partial charge in [-0.3, -0.25) is 4.79 Å². The van der Waals surface area contributed by atoms with Crippen molar-refractivity contribution >= 4 is 39.1 Å². The fourth-order valence-electron chi connectivity index (χ4n) is 1.18. The fraction of sp³-hybridized carbons (Fsp3) is 0.100. The van der Waals surface area contributed by atoms with Crippen molar-refractivity contribution in [3.8, 4) is 5.75 Å². The van der Waals surface area contributed by atoms with Gasteiger partial charge in [0, 0.05) is 10.5 Å². The van der Waals surface area contributed by atoms with Crippen LogP contribution < -0.4 is 10.1 Å². The summed E-state index contributed by atoms with van der Waals surface area (Å²) >= 11 is 4.40. The summed E-state index contributed by atoms with van der Waals surface area (Å²) in [7, 11) is 1.57. The number of carbonyl (C=O) groups excluding carboxylic acids is 1. The molecule has 1 heterocycles. The second kappa shape index (κ2) is 5.24. The molecule has 0 unspecified atom stereocenters. The van der Waals surface area contributed by atoms with E-state index in [0.29, 0.717) is 16.3 Å². The number of hydrogen-bond acceptors (Lipinski definition) is 5. The predicted octanol–water partition coefficient (Wildman–Crippen LogP) is 2.56. The lowest BCUT2D eigenvalue weighted by atomic mass is 10.3. The minimum absolute atomic E-state index is 0.242. The van der Waals surface area contributed by atoms with E-state index in [1.165, 1.54) is 6.20 Å². The Hall–Kier alpha value is -1.47. The average molecular weight is 314 g/mol. The van der Waals surface area contributed by atoms with Gasteiger partial charge in [-0.25, -0.2) is 0 Å². The Kier molecular flexibility index (Phi) is 3.70. The summed E-state index contributed by atoms with van der Waals surface area (Å²) in [6.45, 7) is 0. The number of amides is 1. The van der Waals surface area contributed by atoms with Crippen molar-refractivity contribution in [3.63, 3.8) is 0 Å². The molecule has 1 N–H and O–H groups in total. The van der Waals surface area contributed by atoms with Crippen LogP contribution in [0.3, 0.4) is 0 Å². The topological polar surface area (TPSA) is 64.1 Å². The van der Waals surface area contributed by atoms with Gasteiger partial charge in [-0.15, -0.1) is 5.10 Å². The minimum atomic E-state index is -0.242. The van der Waals surface area contributed by atoms with E-state index in [1.54, 1.807) is 25.3 Å². The first-order valence-corrected chi connectivity index (χ1v) is 6.19. The lowest BCUT2D eigenvalue weighted by molar-refractivity contribution is 0.103. The largest absolute Gasteiger partial charge is 0.497 e. The SMILES string of the molecule is COc1ccc(Br)c(NC(=O)c2cnns2)c1. The number of ether oxygens (including phenoxy) is 1. The summed E-state index contributed by atoms with van der Waals surface area (Å²) in [6.07, 6.45) is 1.42. The van der Waals surface area contributed by atoms with E-state index in [2.05, 4.69) is 30.8 Å². The number of halogens is 1. The van der Waals surface area contributed by atoms with Gasteiger partial charge in [0.05, 0.1) is 19.0 Å². The van der Waals surface area contributed by atoms with Crippen LogP contribution in [0, 0.1) is 0 Å². The number of nitrogens with one attached hydrogen (secondary N) is 1. The summed E-state index contributed by atoms with van der Waals surface area (Å²) in [6, 6.07) is 5.34. The van der Waals surface area contributed by atoms with Crippen LogP contribution in [0.15, 0.2) is 28.9 Å². The number of nitrogens with zero attached hydrogens (tertiary/aromatic N) is 2. The van der Waals surface area contributed by atoms with Gasteiger partial charge in [0.25, 0.3) is 5.91 Å². The second-order valence-corrected chi connectivity index (χ2v) is 4.72. The van der Waals surface area contributed by atoms with E-state index in [1.807, 2.05) is 0 Å². The highest BCUT2D eigenvalue weighted by Gasteiger charge is 2.11. The Balaban J connectivity index is 2.21. The Bertz CT molecular complexity index is 530. The zero-order valence-corrected chi connectivity index (χ0v) is 11.2. The van der Waals surface area contributed by atoms with Crippen LogP contribution in [0.5, 0.6) is 5.75 Å². The quantitative estimate of drug-likeness (QED) is 0.946. The first kappa shape index (κ1) is 12.0. The fourth-order valence-corrected chi connectivity index (χ4v) is 1.93. The van der Waals surface area contributed by atoms with Crippen molar-refractivity contribution in [2.45, 2.75) is 0 Å². The average Bonchev–Trinajstić information content (AvgIpc) is 2.85. The van der Waals surface area contributed by atoms with E-state index in [9.17, 15) is 4.79 Å². The Morgan fingerprint density at radius 3 is 3.00 bits per heavy atom. The third-order valence-electron chi connectivity index (χ3n) is 2.01. The minimum Gasteiger partial charge on any atom is -0.497 e. The highest BCUT2D eigenvalue weighted by Crippen LogP contribution is 2.27. The maximum Gasteiger partial charge on any atom is 0.269 e. The lowest BCUT2D eigenvalue weighted by Gasteiger charge is -2.07. The number of anilines is 1. The van der Waals surface area contributed by atoms with E-state index in [-0.39, 0.29) is 5.91 Å². The van der Waals surface area contributed by atoms with Crippen LogP contribution in [0.4, 0.5) is 5.69 Å². The van der Waals surface area contributed by atoms with E-state index < -0.39 is 0 Å². The number of hydrogen-bond donors (Lipinski definition) is 1. The normalized spacial score (nSPS) is 10.0. The number of rotatable bonds is 3. The lowest BCUT2D eigenvalue weighted by Crippen LogP contribution is -2.10. The molecule has 0 saturated heterocycles. The van der Waals surface area contributed by atoms with Crippen LogP contribution in [0.25, 0.3) is 0 Å². The van der Waals surface area contributed by atoms with Gasteiger partial charge in [-0.2, -0.15) is 0 Å². The molecule has 1 amide bonds. The molecular formula is C10H8BrN3O2S. The highest BCUT2D eigenvalue weighted by molar-refractivity contribution is 9.10. The highest BCUT2D eigenvalue weighted by atomic mass is 79.9. The van der Waals surface area contributed by atoms with Gasteiger partial charge >= 0.3 is 0 Å². The summed E-state index contributed by atoms with van der Waals surface area (Å²) in [5.41, 5.74) is 0.641. The maximum absolute atomic E-state index is 11.8. The smallest absolute Gasteiger partial charge is 0.269 e. The molecule has 88 valence electrons. The van der Waals surface area contributed by atoms with Crippen molar-refractivity contribution in [1.82, 2.24) is 9.59 Å². The molecule has 0 fully saturated rings. The van der Waals surface area contributed by atoms with E-state index in [4.69, 9.17) is 4.74 Å². The number of benzene rings is 1. The first-order chi connectivity index (χ1) is 8.20. The zero-order valence-electron chi connectivity index (χ0n) is 8.81. The van der Waals surface area contributed by atoms with Gasteiger partial charge in [-0.1, -0.05) is 4.49 Å². The monoisotopic (exact) mass is 313 g/mol. The van der Waals surface area contributed by atoms with Gasteiger partial charge < -0.3 is 10.1 Å². The van der Waals surface area contributed by atoms with E-state index >= 15 is 0 Å². The molecule has 0 saturated carbocycles. The van der Waals surface area contributed by atoms with Crippen LogP contribution in [0.2, 0.25) is 0 Å². The Morgan fingerprint density at radius 1 is 1.53 bits per heavy atom. The molecular weight excluding hydrogens is 306 g/mol. The molecule has 0 aliphatic carbocycles. The molecule has 17 heavy (non-hydrogen) atoms. The summed E-state index contributed by atoms with van der Waals surface area (Å²) in [4.78, 5) is 12.2. The van der Waals surface area contributed by atoms with Crippen molar-refractivity contribution in [1.29, 1.82) is 0 Å². The summed E-state index contributed by atoms with van der Waals surface area (Å²) < 4.78 is 9.50. The van der Waals surface area contributed by atoms with Gasteiger partial charge in [0.1, 0.15) is 10.6 Å². The van der Waals surface area contributed by atoms with E-state index in [0.717, 1.165) is 16.0 Å². The molecule has 2 rings (SSSR count). The molecule has 7 heteroatoms. The molecule has 1 aromatic heterocycles. The standard InChI is InChI=1S/C10H8BrN3O2S/c1-16-6-2-3-7(11)8(4-6)13-10(15)9-5-12-14-17-9/h2-5H,1H3,(H,13,15). The number of methoxy groups -OCH3 is 1. The maximum atomic E-state index is 11.8. The summed E-state index contributed by atoms with van der Waals surface area (Å²) in [5.74, 6) is 0.430. The Morgan fingerprint density at radius 2 is 2.35 bits per heavy atom. The molecule has 0 aliphatic heterocycles. The van der Waals surface area contributed by atoms with Crippen LogP contribution in [-0.4, -0.2) is 22.6 Å². The molecule has 5 nitrogen and oxygen atoms in total. The Labute approximate surface area is 110 Å². The first-order valence-electron chi connectivity index (χ1n) is 4.63. The molecule has 0 aliphatic rings. The van der Waals surface area contributed by atoms with Crippen molar-refractivity contribution in [3.05, 3.63) is 33.7 Å². The van der Waals surface area contributed by atoms with Gasteiger partial charge in [0.2, 0.25) is 0 Å². The van der Waals surface area contributed by atoms with Crippen LogP contribution in [-0.2, 0) is 0 Å². The predicted molar refractivity (Wildman–Crippen MR) is 68.6 cm³/mol. The number of aromatic nitrogens is 2. The summed E-state index contributed by atoms with van der Waals surface area (Å²) in [5, 5.41) is 6.36. The molecule has 0 radical (unpaired) electrons. The van der Waals surface area contributed by atoms with Crippen molar-refractivity contribution < 1.29 is 9.53 Å². The van der Waals surface area contributed by atoms with Gasteiger partial charge in [-0.05, 0) is 39.6 Å². The van der Waals surface area contributed by atoms with Gasteiger partial charge in [0.15, 0.2) is 0 Å². The molecule has 0 bridgehead atoms. The van der Waals surface area contributed by atoms with Crippen LogP contribution >= 0.6 is 27.5 Å². The van der Waals surface area contributed by atoms with Crippen molar-refractivity contribution in [2.24, 2.45) is 0 Å². The third-order valence-corrected chi connectivity index (χ3v) is 3.36. The number of carbonyl (C=O) groups is 1. The second-order valence-electron chi connectivity index (χ2n) is 3.08. The zero-order chi connectivity index (χ0) is 12.3. The third kappa shape index (κ3) is 2.80.